The van der Waals surface area contributed by atoms with Gasteiger partial charge in [0.25, 0.3) is 0 Å². The fraction of sp³-hybridized carbons (Fsp3) is 0.125. The molecule has 0 fully saturated rings. The first-order valence-corrected chi connectivity index (χ1v) is 16.1. The molecular weight excluding hydrogens is 831 g/mol. The molecule has 8 aromatic rings. The molecule has 0 saturated carbocycles. The molecule has 0 atom stereocenters. The van der Waals surface area contributed by atoms with Gasteiger partial charge in [-0.1, -0.05) is 36.4 Å². The highest BCUT2D eigenvalue weighted by molar-refractivity contribution is 14.1. The second-order valence-electron chi connectivity index (χ2n) is 11.1. The zero-order valence-corrected chi connectivity index (χ0v) is 28.5. The minimum Gasteiger partial charge on any atom is -0.303 e. The van der Waals surface area contributed by atoms with Crippen LogP contribution in [0.3, 0.4) is 0 Å². The SMILES string of the molecule is Fc1ccccc1Cc1nc(-c2n[nH]c(C(F)(F)F)n2)cn2c(I)cnc12.Fc1ccccc1Cc1nc(-c2n[nH]c(C(F)(F)F)n2)cn2ccnc12. The summed E-state index contributed by atoms with van der Waals surface area (Å²) in [5, 5.41) is 10.9. The van der Waals surface area contributed by atoms with Crippen LogP contribution in [-0.2, 0) is 25.2 Å². The fourth-order valence-electron chi connectivity index (χ4n) is 5.12. The number of hydrogen-bond acceptors (Lipinski definition) is 8. The number of nitrogens with one attached hydrogen (secondary N) is 2. The molecule has 6 heterocycles. The average molecular weight is 850 g/mol. The first-order valence-electron chi connectivity index (χ1n) is 15.1. The summed E-state index contributed by atoms with van der Waals surface area (Å²) in [6, 6.07) is 12.4. The zero-order chi connectivity index (χ0) is 37.5. The summed E-state index contributed by atoms with van der Waals surface area (Å²) in [6.45, 7) is 0. The van der Waals surface area contributed by atoms with Gasteiger partial charge >= 0.3 is 12.4 Å². The lowest BCUT2D eigenvalue weighted by atomic mass is 10.1. The van der Waals surface area contributed by atoms with Crippen LogP contribution in [0.15, 0.2) is 79.5 Å². The van der Waals surface area contributed by atoms with Crippen LogP contribution in [0.4, 0.5) is 35.1 Å². The molecule has 2 N–H and O–H groups in total. The first-order chi connectivity index (χ1) is 25.2. The number of H-pyrrole nitrogens is 2. The maximum Gasteiger partial charge on any atom is 0.451 e. The van der Waals surface area contributed by atoms with E-state index in [0.717, 1.165) is 0 Å². The van der Waals surface area contributed by atoms with Crippen LogP contribution in [0.25, 0.3) is 34.3 Å². The second kappa shape index (κ2) is 13.9. The van der Waals surface area contributed by atoms with Crippen molar-refractivity contribution in [1.29, 1.82) is 0 Å². The zero-order valence-electron chi connectivity index (χ0n) is 26.3. The molecule has 0 aliphatic rings. The molecular formula is C32H19F8IN12. The first kappa shape index (κ1) is 35.5. The number of hydrogen-bond donors (Lipinski definition) is 2. The standard InChI is InChI=1S/C16H9F4IN6.C16H10F4N6/c17-9-4-2-1-3-8(9)5-10-14-22-6-12(21)27(14)7-11(23-10)13-24-15(26-25-13)16(18,19)20;17-10-4-2-1-3-9(10)7-11-14-21-5-6-26(14)8-12(22-11)13-23-15(25-24-13)16(18,19)20/h1-4,6-7H,5H2,(H,24,25,26);1-6,8H,7H2,(H,23,24,25). The lowest BCUT2D eigenvalue weighted by molar-refractivity contribution is -0.145. The summed E-state index contributed by atoms with van der Waals surface area (Å²) < 4.78 is 108. The summed E-state index contributed by atoms with van der Waals surface area (Å²) in [7, 11) is 0. The van der Waals surface area contributed by atoms with Crippen LogP contribution < -0.4 is 0 Å². The highest BCUT2D eigenvalue weighted by Crippen LogP contribution is 2.29. The Bertz CT molecular complexity index is 2570. The van der Waals surface area contributed by atoms with Crippen LogP contribution in [-0.4, -0.2) is 59.1 Å². The topological polar surface area (TPSA) is 144 Å². The number of fused-ring (bicyclic) bond motifs is 2. The molecule has 0 aliphatic heterocycles. The van der Waals surface area contributed by atoms with Gasteiger partial charge in [0.15, 0.2) is 11.3 Å². The van der Waals surface area contributed by atoms with Crippen molar-refractivity contribution in [2.45, 2.75) is 25.2 Å². The number of benzene rings is 2. The van der Waals surface area contributed by atoms with Crippen molar-refractivity contribution < 1.29 is 35.1 Å². The minimum atomic E-state index is -4.64. The molecule has 12 nitrogen and oxygen atoms in total. The number of aromatic nitrogens is 12. The Kier molecular flexibility index (Phi) is 9.34. The number of imidazole rings is 2. The molecule has 0 aliphatic carbocycles. The lowest BCUT2D eigenvalue weighted by Gasteiger charge is -2.07. The van der Waals surface area contributed by atoms with Crippen LogP contribution in [0, 0.1) is 15.3 Å². The van der Waals surface area contributed by atoms with Crippen LogP contribution in [0.2, 0.25) is 0 Å². The maximum absolute atomic E-state index is 14.0. The van der Waals surface area contributed by atoms with Crippen molar-refractivity contribution in [2.75, 3.05) is 0 Å². The molecule has 21 heteroatoms. The number of rotatable bonds is 6. The summed E-state index contributed by atoms with van der Waals surface area (Å²) in [6.07, 6.45) is -1.35. The normalized spacial score (nSPS) is 12.0. The number of alkyl halides is 6. The van der Waals surface area contributed by atoms with E-state index in [1.807, 2.05) is 32.8 Å². The minimum absolute atomic E-state index is 0.119. The van der Waals surface area contributed by atoms with Crippen molar-refractivity contribution in [3.8, 4) is 23.0 Å². The molecule has 53 heavy (non-hydrogen) atoms. The molecule has 0 bridgehead atoms. The average Bonchev–Trinajstić information content (AvgIpc) is 3.94. The van der Waals surface area contributed by atoms with E-state index in [1.165, 1.54) is 30.7 Å². The highest BCUT2D eigenvalue weighted by atomic mass is 127. The van der Waals surface area contributed by atoms with E-state index < -0.39 is 35.6 Å². The van der Waals surface area contributed by atoms with E-state index in [4.69, 9.17) is 0 Å². The predicted molar refractivity (Wildman–Crippen MR) is 178 cm³/mol. The molecule has 270 valence electrons. The molecule has 0 unspecified atom stereocenters. The van der Waals surface area contributed by atoms with Crippen molar-refractivity contribution in [3.63, 3.8) is 0 Å². The third-order valence-corrected chi connectivity index (χ3v) is 8.36. The summed E-state index contributed by atoms with van der Waals surface area (Å²) in [5.41, 5.74) is 2.79. The molecule has 0 amide bonds. The Morgan fingerprint density at radius 3 is 1.66 bits per heavy atom. The van der Waals surface area contributed by atoms with Gasteiger partial charge in [-0.15, -0.1) is 0 Å². The van der Waals surface area contributed by atoms with Crippen LogP contribution in [0.1, 0.15) is 34.2 Å². The largest absolute Gasteiger partial charge is 0.451 e. The summed E-state index contributed by atoms with van der Waals surface area (Å²) in [4.78, 5) is 24.0. The summed E-state index contributed by atoms with van der Waals surface area (Å²) in [5.74, 6) is -3.64. The van der Waals surface area contributed by atoms with Gasteiger partial charge in [-0.25, -0.2) is 38.7 Å². The molecule has 0 radical (unpaired) electrons. The van der Waals surface area contributed by atoms with Gasteiger partial charge in [0, 0.05) is 37.6 Å². The van der Waals surface area contributed by atoms with Crippen LogP contribution in [0.5, 0.6) is 0 Å². The summed E-state index contributed by atoms with van der Waals surface area (Å²) >= 11 is 2.03. The lowest BCUT2D eigenvalue weighted by Crippen LogP contribution is -2.07. The van der Waals surface area contributed by atoms with Crippen molar-refractivity contribution in [1.82, 2.24) is 59.1 Å². The van der Waals surface area contributed by atoms with Crippen LogP contribution >= 0.6 is 22.6 Å². The van der Waals surface area contributed by atoms with Gasteiger partial charge in [-0.05, 0) is 45.9 Å². The van der Waals surface area contributed by atoms with E-state index in [0.29, 0.717) is 37.5 Å². The third-order valence-electron chi connectivity index (χ3n) is 7.56. The second-order valence-corrected chi connectivity index (χ2v) is 12.2. The van der Waals surface area contributed by atoms with Gasteiger partial charge in [-0.2, -0.15) is 36.5 Å². The molecule has 6 aromatic heterocycles. The number of halogens is 9. The van der Waals surface area contributed by atoms with Gasteiger partial charge in [0.2, 0.25) is 23.3 Å². The predicted octanol–water partition coefficient (Wildman–Crippen LogP) is 7.13. The van der Waals surface area contributed by atoms with E-state index in [2.05, 4.69) is 40.1 Å². The molecule has 2 aromatic carbocycles. The Morgan fingerprint density at radius 2 is 1.15 bits per heavy atom. The Hall–Kier alpha value is -5.87. The molecule has 0 spiro atoms. The number of nitrogens with zero attached hydrogens (tertiary/aromatic N) is 10. The maximum atomic E-state index is 14.0. The Labute approximate surface area is 304 Å². The third kappa shape index (κ3) is 7.54. The Morgan fingerprint density at radius 1 is 0.642 bits per heavy atom. The van der Waals surface area contributed by atoms with Gasteiger partial charge in [0.1, 0.15) is 26.7 Å². The van der Waals surface area contributed by atoms with Gasteiger partial charge < -0.3 is 4.40 Å². The highest BCUT2D eigenvalue weighted by Gasteiger charge is 2.36. The van der Waals surface area contributed by atoms with Crippen molar-refractivity contribution >= 4 is 33.9 Å². The quantitative estimate of drug-likeness (QED) is 0.133. The molecule has 8 rings (SSSR count). The van der Waals surface area contributed by atoms with Gasteiger partial charge in [-0.3, -0.25) is 14.6 Å². The van der Waals surface area contributed by atoms with Crippen molar-refractivity contribution in [3.05, 3.63) is 129 Å². The van der Waals surface area contributed by atoms with E-state index in [1.54, 1.807) is 57.6 Å². The smallest absolute Gasteiger partial charge is 0.303 e. The van der Waals surface area contributed by atoms with Gasteiger partial charge in [0.05, 0.1) is 17.6 Å². The fourth-order valence-corrected chi connectivity index (χ4v) is 5.63. The molecule has 0 saturated heterocycles. The van der Waals surface area contributed by atoms with E-state index in [9.17, 15) is 35.1 Å². The van der Waals surface area contributed by atoms with Crippen molar-refractivity contribution in [2.24, 2.45) is 0 Å². The van der Waals surface area contributed by atoms with E-state index >= 15 is 0 Å². The monoisotopic (exact) mass is 850 g/mol. The van der Waals surface area contributed by atoms with E-state index in [-0.39, 0.29) is 35.9 Å². The Balaban J connectivity index is 0.000000164. The number of aromatic amines is 2.